The average Bonchev–Trinajstić information content (AvgIpc) is 3.64. The number of fused-ring (bicyclic) bond motifs is 7. The maximum absolute atomic E-state index is 2.57. The van der Waals surface area contributed by atoms with Crippen molar-refractivity contribution in [3.05, 3.63) is 181 Å². The molecule has 10 aromatic carbocycles. The third kappa shape index (κ3) is 5.75. The molecule has 3 heterocycles. The number of hydrogen-bond donors (Lipinski definition) is 0. The van der Waals surface area contributed by atoms with Crippen LogP contribution in [0, 0.1) is 0 Å². The highest BCUT2D eigenvalue weighted by atomic mass is 32.2. The van der Waals surface area contributed by atoms with Crippen LogP contribution in [-0.4, -0.2) is 11.3 Å². The van der Waals surface area contributed by atoms with Crippen molar-refractivity contribution in [1.82, 2.24) is 4.57 Å². The lowest BCUT2D eigenvalue weighted by Gasteiger charge is -2.34. The molecule has 11 aromatic rings. The fraction of sp³-hybridized carbons (Fsp3) is 0.133. The van der Waals surface area contributed by atoms with Gasteiger partial charge in [-0.05, 0) is 131 Å². The van der Waals surface area contributed by atoms with Gasteiger partial charge in [0, 0.05) is 36.0 Å². The highest BCUT2D eigenvalue weighted by molar-refractivity contribution is 8.01. The fourth-order valence-electron chi connectivity index (χ4n) is 10.8. The summed E-state index contributed by atoms with van der Waals surface area (Å²) < 4.78 is 2.48. The summed E-state index contributed by atoms with van der Waals surface area (Å²) in [5.74, 6) is 0. The lowest BCUT2D eigenvalue weighted by molar-refractivity contribution is 0.591. The van der Waals surface area contributed by atoms with Gasteiger partial charge in [0.15, 0.2) is 0 Å². The van der Waals surface area contributed by atoms with Crippen LogP contribution < -0.4 is 16.4 Å². The SMILES string of the molecule is CC(C)(C)c1cc2ccc3cc(C(C)(C)C)cc4c(-c5ccc6c(c5)B5c7cc(-c8ccccc8)ccc7Sc7cc(-n8c9ccccc9c9ccccc98)cc(c75)S6)cc(c1)c2c34. The lowest BCUT2D eigenvalue weighted by atomic mass is 9.36. The number of nitrogens with zero attached hydrogens (tertiary/aromatic N) is 1. The first-order chi connectivity index (χ1) is 31.0. The molecule has 13 rings (SSSR count). The standard InChI is InChI=1S/C60H46BNS2/c1-59(2,3)41-26-38-20-21-39-27-42(60(4,5)6)32-47-46(29-40(28-41)56(38)57(39)47)37-23-25-53-49(31-37)61-48-30-36(35-14-8-7-9-15-35)22-24-52(48)63-54-33-43(34-55(64-53)58(54)61)62-50-18-12-10-16-44(50)45-17-11-13-19-51(45)62/h7-34H,1-6H3. The molecule has 0 radical (unpaired) electrons. The Kier molecular flexibility index (Phi) is 8.17. The molecular weight excluding hydrogens is 810 g/mol. The Morgan fingerprint density at radius 2 is 0.938 bits per heavy atom. The van der Waals surface area contributed by atoms with E-state index < -0.39 is 0 Å². The van der Waals surface area contributed by atoms with Crippen molar-refractivity contribution >= 4 is 101 Å². The molecule has 1 aromatic heterocycles. The zero-order valence-corrected chi connectivity index (χ0v) is 38.6. The Bertz CT molecular complexity index is 3680. The Labute approximate surface area is 384 Å². The molecule has 0 saturated heterocycles. The molecular formula is C60H46BNS2. The molecule has 0 bridgehead atoms. The van der Waals surface area contributed by atoms with Gasteiger partial charge in [0.1, 0.15) is 0 Å². The van der Waals surface area contributed by atoms with Gasteiger partial charge >= 0.3 is 0 Å². The second-order valence-electron chi connectivity index (χ2n) is 20.1. The minimum absolute atomic E-state index is 0.00570. The molecule has 64 heavy (non-hydrogen) atoms. The third-order valence-corrected chi connectivity index (χ3v) is 16.4. The molecule has 0 atom stereocenters. The van der Waals surface area contributed by atoms with E-state index in [1.165, 1.54) is 129 Å². The third-order valence-electron chi connectivity index (χ3n) is 14.1. The van der Waals surface area contributed by atoms with E-state index in [-0.39, 0.29) is 17.5 Å². The second kappa shape index (κ2) is 13.7. The largest absolute Gasteiger partial charge is 0.309 e. The number of hydrogen-bond acceptors (Lipinski definition) is 2. The first-order valence-electron chi connectivity index (χ1n) is 22.6. The predicted octanol–water partition coefficient (Wildman–Crippen LogP) is 15.1. The van der Waals surface area contributed by atoms with E-state index in [4.69, 9.17) is 0 Å². The van der Waals surface area contributed by atoms with Crippen molar-refractivity contribution in [3.8, 4) is 27.9 Å². The fourth-order valence-corrected chi connectivity index (χ4v) is 13.3. The zero-order valence-electron chi connectivity index (χ0n) is 37.0. The van der Waals surface area contributed by atoms with Gasteiger partial charge in [-0.1, -0.05) is 197 Å². The van der Waals surface area contributed by atoms with E-state index in [1.807, 2.05) is 23.5 Å². The van der Waals surface area contributed by atoms with Crippen LogP contribution in [0.15, 0.2) is 189 Å². The lowest BCUT2D eigenvalue weighted by Crippen LogP contribution is -2.58. The molecule has 0 unspecified atom stereocenters. The van der Waals surface area contributed by atoms with Crippen LogP contribution >= 0.6 is 23.5 Å². The van der Waals surface area contributed by atoms with Gasteiger partial charge in [0.25, 0.3) is 0 Å². The average molecular weight is 856 g/mol. The van der Waals surface area contributed by atoms with Crippen molar-refractivity contribution in [2.75, 3.05) is 0 Å². The minimum atomic E-state index is 0.00570. The molecule has 0 amide bonds. The van der Waals surface area contributed by atoms with Crippen molar-refractivity contribution in [2.45, 2.75) is 72.0 Å². The predicted molar refractivity (Wildman–Crippen MR) is 279 cm³/mol. The van der Waals surface area contributed by atoms with Gasteiger partial charge in [-0.3, -0.25) is 0 Å². The first kappa shape index (κ1) is 38.3. The maximum atomic E-state index is 2.57. The summed E-state index contributed by atoms with van der Waals surface area (Å²) in [6.07, 6.45) is 0. The highest BCUT2D eigenvalue weighted by Crippen LogP contribution is 2.46. The molecule has 2 aliphatic heterocycles. The highest BCUT2D eigenvalue weighted by Gasteiger charge is 2.39. The van der Waals surface area contributed by atoms with Gasteiger partial charge < -0.3 is 4.57 Å². The van der Waals surface area contributed by atoms with E-state index in [0.29, 0.717) is 0 Å². The summed E-state index contributed by atoms with van der Waals surface area (Å²) in [4.78, 5) is 5.35. The molecule has 1 nitrogen and oxygen atoms in total. The van der Waals surface area contributed by atoms with Gasteiger partial charge in [0.2, 0.25) is 6.71 Å². The first-order valence-corrected chi connectivity index (χ1v) is 24.2. The van der Waals surface area contributed by atoms with Crippen LogP contribution in [0.3, 0.4) is 0 Å². The number of benzene rings is 10. The van der Waals surface area contributed by atoms with Crippen molar-refractivity contribution in [2.24, 2.45) is 0 Å². The molecule has 0 fully saturated rings. The monoisotopic (exact) mass is 855 g/mol. The van der Waals surface area contributed by atoms with Crippen molar-refractivity contribution in [1.29, 1.82) is 0 Å². The summed E-state index contributed by atoms with van der Waals surface area (Å²) in [7, 11) is 0. The zero-order chi connectivity index (χ0) is 43.2. The van der Waals surface area contributed by atoms with Gasteiger partial charge in [0.05, 0.1) is 11.0 Å². The number of para-hydroxylation sites is 2. The van der Waals surface area contributed by atoms with Crippen LogP contribution in [0.5, 0.6) is 0 Å². The Morgan fingerprint density at radius 1 is 0.406 bits per heavy atom. The molecule has 4 heteroatoms. The molecule has 2 aliphatic rings. The Morgan fingerprint density at radius 3 is 1.56 bits per heavy atom. The van der Waals surface area contributed by atoms with E-state index >= 15 is 0 Å². The van der Waals surface area contributed by atoms with Crippen molar-refractivity contribution in [3.63, 3.8) is 0 Å². The summed E-state index contributed by atoms with van der Waals surface area (Å²) in [5, 5.41) is 10.6. The molecule has 0 saturated carbocycles. The van der Waals surface area contributed by atoms with E-state index in [0.717, 1.165) is 0 Å². The Hall–Kier alpha value is -6.20. The number of aromatic nitrogens is 1. The number of rotatable bonds is 3. The summed E-state index contributed by atoms with van der Waals surface area (Å²) in [6.45, 7) is 14.1. The normalized spacial score (nSPS) is 13.6. The molecule has 306 valence electrons. The Balaban J connectivity index is 1.06. The minimum Gasteiger partial charge on any atom is -0.309 e. The van der Waals surface area contributed by atoms with E-state index in [1.54, 1.807) is 0 Å². The topological polar surface area (TPSA) is 4.93 Å². The van der Waals surface area contributed by atoms with E-state index in [2.05, 4.69) is 216 Å². The molecule has 0 spiro atoms. The smallest absolute Gasteiger partial charge is 0.247 e. The van der Waals surface area contributed by atoms with E-state index in [9.17, 15) is 0 Å². The maximum Gasteiger partial charge on any atom is 0.247 e. The van der Waals surface area contributed by atoms with Crippen LogP contribution in [0.1, 0.15) is 52.7 Å². The molecule has 0 aliphatic carbocycles. The van der Waals surface area contributed by atoms with Gasteiger partial charge in [-0.15, -0.1) is 0 Å². The van der Waals surface area contributed by atoms with Crippen LogP contribution in [0.4, 0.5) is 0 Å². The van der Waals surface area contributed by atoms with Crippen LogP contribution in [-0.2, 0) is 10.8 Å². The van der Waals surface area contributed by atoms with Crippen LogP contribution in [0.25, 0.3) is 82.1 Å². The van der Waals surface area contributed by atoms with Gasteiger partial charge in [-0.25, -0.2) is 0 Å². The molecule has 0 N–H and O–H groups in total. The van der Waals surface area contributed by atoms with Crippen molar-refractivity contribution < 1.29 is 0 Å². The summed E-state index contributed by atoms with van der Waals surface area (Å²) in [5.41, 5.74) is 15.8. The quantitative estimate of drug-likeness (QED) is 0.129. The summed E-state index contributed by atoms with van der Waals surface area (Å²) >= 11 is 3.88. The van der Waals surface area contributed by atoms with Crippen LogP contribution in [0.2, 0.25) is 0 Å². The second-order valence-corrected chi connectivity index (χ2v) is 22.3. The summed E-state index contributed by atoms with van der Waals surface area (Å²) in [6, 6.07) is 65.2. The van der Waals surface area contributed by atoms with Gasteiger partial charge in [-0.2, -0.15) is 0 Å².